The summed E-state index contributed by atoms with van der Waals surface area (Å²) in [5.74, 6) is -5.97. The van der Waals surface area contributed by atoms with Gasteiger partial charge in [0.2, 0.25) is 10.0 Å². The van der Waals surface area contributed by atoms with Crippen LogP contribution in [0.15, 0.2) is 42.5 Å². The van der Waals surface area contributed by atoms with Gasteiger partial charge in [0, 0.05) is 36.9 Å². The topological polar surface area (TPSA) is 167 Å². The van der Waals surface area contributed by atoms with Crippen LogP contribution in [0, 0.1) is 21.7 Å². The molecule has 3 rings (SSSR count). The smallest absolute Gasteiger partial charge is 0.305 e. The molecule has 2 aromatic rings. The van der Waals surface area contributed by atoms with Gasteiger partial charge in [-0.3, -0.25) is 24.5 Å². The van der Waals surface area contributed by atoms with E-state index >= 15 is 0 Å². The van der Waals surface area contributed by atoms with Gasteiger partial charge in [-0.1, -0.05) is 19.1 Å². The lowest BCUT2D eigenvalue weighted by Gasteiger charge is -2.30. The molecule has 2 atom stereocenters. The van der Waals surface area contributed by atoms with Crippen molar-refractivity contribution >= 4 is 33.5 Å². The molecule has 1 aliphatic heterocycles. The second kappa shape index (κ2) is 11.6. The molecule has 2 unspecified atom stereocenters. The van der Waals surface area contributed by atoms with Gasteiger partial charge >= 0.3 is 5.97 Å². The highest BCUT2D eigenvalue weighted by atomic mass is 32.2. The van der Waals surface area contributed by atoms with E-state index in [1.807, 2.05) is 0 Å². The molecule has 0 spiro atoms. The van der Waals surface area contributed by atoms with Crippen LogP contribution in [-0.4, -0.2) is 70.4 Å². The summed E-state index contributed by atoms with van der Waals surface area (Å²) in [5, 5.41) is 22.9. The number of nitrogens with zero attached hydrogens (tertiary/aromatic N) is 3. The predicted octanol–water partition coefficient (Wildman–Crippen LogP) is 2.03. The lowest BCUT2D eigenvalue weighted by atomic mass is 10.0. The molecule has 2 aromatic carbocycles. The van der Waals surface area contributed by atoms with Gasteiger partial charge in [0.05, 0.1) is 23.1 Å². The highest BCUT2D eigenvalue weighted by Gasteiger charge is 2.46. The van der Waals surface area contributed by atoms with Crippen LogP contribution in [-0.2, 0) is 19.6 Å². The number of carboxylic acid groups (broad SMARTS) is 1. The number of halogens is 2. The molecule has 0 aromatic heterocycles. The van der Waals surface area contributed by atoms with E-state index < -0.39 is 68.6 Å². The van der Waals surface area contributed by atoms with Crippen molar-refractivity contribution in [2.45, 2.75) is 32.0 Å². The Morgan fingerprint density at radius 3 is 2.39 bits per heavy atom. The van der Waals surface area contributed by atoms with Gasteiger partial charge in [-0.25, -0.2) is 17.2 Å². The fraction of sp³-hybridized carbons (Fsp3) is 0.348. The number of hydrogen-bond acceptors (Lipinski definition) is 7. The third-order valence-corrected chi connectivity index (χ3v) is 7.75. The number of aliphatic carboxylic acids is 1. The molecule has 204 valence electrons. The van der Waals surface area contributed by atoms with Crippen molar-refractivity contribution in [3.63, 3.8) is 0 Å². The van der Waals surface area contributed by atoms with Crippen LogP contribution in [0.25, 0.3) is 0 Å². The molecule has 2 amide bonds. The van der Waals surface area contributed by atoms with E-state index in [1.165, 1.54) is 12.1 Å². The number of non-ortho nitro benzene ring substituents is 1. The first-order valence-electron chi connectivity index (χ1n) is 11.4. The minimum Gasteiger partial charge on any atom is -0.481 e. The number of sulfonamides is 1. The van der Waals surface area contributed by atoms with Crippen molar-refractivity contribution in [2.75, 3.05) is 18.8 Å². The van der Waals surface area contributed by atoms with Crippen LogP contribution < -0.4 is 5.32 Å². The van der Waals surface area contributed by atoms with Gasteiger partial charge in [-0.2, -0.15) is 4.31 Å². The number of rotatable bonds is 10. The number of nitrogens with one attached hydrogen (secondary N) is 1. The predicted molar refractivity (Wildman–Crippen MR) is 128 cm³/mol. The van der Waals surface area contributed by atoms with Crippen molar-refractivity contribution in [3.05, 3.63) is 75.3 Å². The Bertz CT molecular complexity index is 1350. The standard InChI is InChI=1S/C23H24F2N4O8S/c1-2-8-38(36,37)28-7-6-27(23(33)15-9-16(24)12-17(25)10-15)22(28)21(32)26-19(13-20(30)31)14-4-3-5-18(11-14)29(34)35/h3-5,9-12,19,22H,2,6-8,13H2,1H3,(H,26,32)(H,30,31). The number of benzene rings is 2. The number of amides is 2. The van der Waals surface area contributed by atoms with Crippen molar-refractivity contribution < 1.29 is 41.6 Å². The number of hydrogen-bond donors (Lipinski definition) is 2. The Morgan fingerprint density at radius 2 is 1.82 bits per heavy atom. The largest absolute Gasteiger partial charge is 0.481 e. The summed E-state index contributed by atoms with van der Waals surface area (Å²) in [6.45, 7) is 0.995. The molecule has 1 fully saturated rings. The first kappa shape index (κ1) is 28.6. The quantitative estimate of drug-likeness (QED) is 0.332. The number of carbonyl (C=O) groups excluding carboxylic acids is 2. The van der Waals surface area contributed by atoms with E-state index in [-0.39, 0.29) is 36.5 Å². The summed E-state index contributed by atoms with van der Waals surface area (Å²) in [7, 11) is -4.09. The zero-order valence-electron chi connectivity index (χ0n) is 20.0. The minimum absolute atomic E-state index is 0.0565. The maximum Gasteiger partial charge on any atom is 0.305 e. The highest BCUT2D eigenvalue weighted by Crippen LogP contribution is 2.26. The van der Waals surface area contributed by atoms with Crippen molar-refractivity contribution in [1.82, 2.24) is 14.5 Å². The van der Waals surface area contributed by atoms with Gasteiger partial charge < -0.3 is 15.3 Å². The number of carboxylic acids is 1. The Labute approximate surface area is 216 Å². The second-order valence-electron chi connectivity index (χ2n) is 8.47. The van der Waals surface area contributed by atoms with Crippen LogP contribution in [0.3, 0.4) is 0 Å². The zero-order chi connectivity index (χ0) is 28.2. The third kappa shape index (κ3) is 6.47. The lowest BCUT2D eigenvalue weighted by Crippen LogP contribution is -2.54. The van der Waals surface area contributed by atoms with Gasteiger partial charge in [-0.15, -0.1) is 0 Å². The highest BCUT2D eigenvalue weighted by molar-refractivity contribution is 7.89. The fourth-order valence-corrected chi connectivity index (χ4v) is 5.75. The van der Waals surface area contributed by atoms with Crippen molar-refractivity contribution in [1.29, 1.82) is 0 Å². The maximum absolute atomic E-state index is 13.8. The molecule has 0 aliphatic carbocycles. The Balaban J connectivity index is 2.01. The van der Waals surface area contributed by atoms with E-state index in [1.54, 1.807) is 6.92 Å². The van der Waals surface area contributed by atoms with Crippen molar-refractivity contribution in [3.8, 4) is 0 Å². The second-order valence-corrected chi connectivity index (χ2v) is 10.5. The molecule has 0 saturated carbocycles. The molecule has 1 aliphatic rings. The fourth-order valence-electron chi connectivity index (χ4n) is 4.13. The first-order valence-corrected chi connectivity index (χ1v) is 13.0. The molecule has 38 heavy (non-hydrogen) atoms. The average molecular weight is 555 g/mol. The van der Waals surface area contributed by atoms with Gasteiger partial charge in [0.25, 0.3) is 17.5 Å². The third-order valence-electron chi connectivity index (χ3n) is 5.73. The summed E-state index contributed by atoms with van der Waals surface area (Å²) >= 11 is 0. The molecule has 1 heterocycles. The monoisotopic (exact) mass is 554 g/mol. The Hall–Kier alpha value is -3.98. The number of nitro benzene ring substituents is 1. The average Bonchev–Trinajstić information content (AvgIpc) is 3.29. The Kier molecular flexibility index (Phi) is 8.73. The van der Waals surface area contributed by atoms with Crippen LogP contribution in [0.1, 0.15) is 41.7 Å². The SMILES string of the molecule is CCCS(=O)(=O)N1CCN(C(=O)c2cc(F)cc(F)c2)C1C(=O)NC(CC(=O)O)c1cccc([N+](=O)[O-])c1. The molecule has 1 saturated heterocycles. The van der Waals surface area contributed by atoms with E-state index in [0.29, 0.717) is 6.07 Å². The summed E-state index contributed by atoms with van der Waals surface area (Å²) in [6, 6.07) is 5.54. The normalized spacial score (nSPS) is 16.7. The van der Waals surface area contributed by atoms with Gasteiger partial charge in [0.15, 0.2) is 6.17 Å². The van der Waals surface area contributed by atoms with E-state index in [2.05, 4.69) is 5.32 Å². The van der Waals surface area contributed by atoms with Crippen LogP contribution >= 0.6 is 0 Å². The van der Waals surface area contributed by atoms with Crippen LogP contribution in [0.4, 0.5) is 14.5 Å². The minimum atomic E-state index is -4.09. The summed E-state index contributed by atoms with van der Waals surface area (Å²) in [5.41, 5.74) is -0.776. The molecule has 2 N–H and O–H groups in total. The maximum atomic E-state index is 13.8. The molecule has 0 radical (unpaired) electrons. The Morgan fingerprint density at radius 1 is 1.16 bits per heavy atom. The van der Waals surface area contributed by atoms with E-state index in [9.17, 15) is 46.8 Å². The molecular weight excluding hydrogens is 530 g/mol. The number of carbonyl (C=O) groups is 3. The van der Waals surface area contributed by atoms with Gasteiger partial charge in [-0.05, 0) is 24.1 Å². The zero-order valence-corrected chi connectivity index (χ0v) is 20.9. The van der Waals surface area contributed by atoms with Crippen LogP contribution in [0.5, 0.6) is 0 Å². The molecule has 12 nitrogen and oxygen atoms in total. The molecule has 15 heteroatoms. The van der Waals surface area contributed by atoms with E-state index in [4.69, 9.17) is 0 Å². The first-order chi connectivity index (χ1) is 17.8. The van der Waals surface area contributed by atoms with Crippen molar-refractivity contribution in [2.24, 2.45) is 0 Å². The summed E-state index contributed by atoms with van der Waals surface area (Å²) in [4.78, 5) is 49.5. The lowest BCUT2D eigenvalue weighted by molar-refractivity contribution is -0.384. The summed E-state index contributed by atoms with van der Waals surface area (Å²) < 4.78 is 54.2. The summed E-state index contributed by atoms with van der Waals surface area (Å²) in [6.07, 6.45) is -2.34. The van der Waals surface area contributed by atoms with Crippen LogP contribution in [0.2, 0.25) is 0 Å². The molecular formula is C23H24F2N4O8S. The van der Waals surface area contributed by atoms with E-state index in [0.717, 1.165) is 33.5 Å². The van der Waals surface area contributed by atoms with Gasteiger partial charge in [0.1, 0.15) is 11.6 Å². The number of nitro groups is 1. The molecule has 0 bridgehead atoms.